The van der Waals surface area contributed by atoms with Gasteiger partial charge in [-0.3, -0.25) is 4.79 Å². The van der Waals surface area contributed by atoms with Crippen molar-refractivity contribution in [2.75, 3.05) is 47.9 Å². The number of anilines is 3. The Hall–Kier alpha value is -4.34. The van der Waals surface area contributed by atoms with Crippen LogP contribution in [0.2, 0.25) is 0 Å². The zero-order chi connectivity index (χ0) is 25.1. The van der Waals surface area contributed by atoms with E-state index in [0.717, 1.165) is 31.9 Å². The maximum atomic E-state index is 13.0. The Labute approximate surface area is 208 Å². The average molecular weight is 488 g/mol. The van der Waals surface area contributed by atoms with Gasteiger partial charge in [0.05, 0.1) is 6.61 Å². The van der Waals surface area contributed by atoms with E-state index >= 15 is 0 Å². The molecule has 0 atom stereocenters. The molecule has 4 aromatic rings. The normalized spacial score (nSPS) is 13.7. The number of aryl methyl sites for hydroxylation is 1. The predicted octanol–water partition coefficient (Wildman–Crippen LogP) is 2.56. The van der Waals surface area contributed by atoms with E-state index in [0.29, 0.717) is 23.8 Å². The summed E-state index contributed by atoms with van der Waals surface area (Å²) in [6.45, 7) is 7.58. The van der Waals surface area contributed by atoms with Crippen molar-refractivity contribution >= 4 is 28.7 Å². The van der Waals surface area contributed by atoms with Gasteiger partial charge in [-0.05, 0) is 49.7 Å². The summed E-state index contributed by atoms with van der Waals surface area (Å²) in [5.74, 6) is 1.03. The summed E-state index contributed by atoms with van der Waals surface area (Å²) in [6, 6.07) is 15.5. The number of carbonyl (C=O) groups excluding carboxylic acids is 1. The van der Waals surface area contributed by atoms with Crippen LogP contribution in [0.5, 0.6) is 5.75 Å². The van der Waals surface area contributed by atoms with Crippen LogP contribution < -0.4 is 25.5 Å². The smallest absolute Gasteiger partial charge is 0.350 e. The number of para-hydroxylation sites is 1. The van der Waals surface area contributed by atoms with E-state index in [-0.39, 0.29) is 18.1 Å². The highest BCUT2D eigenvalue weighted by Crippen LogP contribution is 2.23. The fraction of sp³-hybridized carbons (Fsp3) is 0.308. The van der Waals surface area contributed by atoms with E-state index in [1.165, 1.54) is 20.3 Å². The standard InChI is InChI=1S/C26H29N7O3/c1-3-36-21-10-8-20(9-11-21)28-23(34)18-33-26(35)32-13-12-27-24(25(32)29-33)31-16-14-30(15-17-31)22-7-5-4-6-19(22)2/h4-13H,3,14-18H2,1-2H3,(H,28,34). The molecule has 1 saturated heterocycles. The Morgan fingerprint density at radius 1 is 1.03 bits per heavy atom. The second kappa shape index (κ2) is 10.1. The van der Waals surface area contributed by atoms with Crippen molar-refractivity contribution < 1.29 is 9.53 Å². The van der Waals surface area contributed by atoms with Gasteiger partial charge in [0.2, 0.25) is 11.6 Å². The van der Waals surface area contributed by atoms with E-state index < -0.39 is 0 Å². The van der Waals surface area contributed by atoms with E-state index in [9.17, 15) is 9.59 Å². The Bertz CT molecular complexity index is 1420. The molecule has 0 aliphatic carbocycles. The van der Waals surface area contributed by atoms with Crippen molar-refractivity contribution in [2.24, 2.45) is 0 Å². The number of hydrogen-bond donors (Lipinski definition) is 1. The lowest BCUT2D eigenvalue weighted by Gasteiger charge is -2.37. The average Bonchev–Trinajstić information content (AvgIpc) is 3.21. The lowest BCUT2D eigenvalue weighted by atomic mass is 10.1. The molecule has 36 heavy (non-hydrogen) atoms. The van der Waals surface area contributed by atoms with E-state index in [4.69, 9.17) is 4.74 Å². The Morgan fingerprint density at radius 3 is 2.47 bits per heavy atom. The van der Waals surface area contributed by atoms with Crippen molar-refractivity contribution in [3.05, 3.63) is 77.0 Å². The predicted molar refractivity (Wildman–Crippen MR) is 139 cm³/mol. The molecule has 0 radical (unpaired) electrons. The Morgan fingerprint density at radius 2 is 1.75 bits per heavy atom. The molecule has 0 bridgehead atoms. The number of carbonyl (C=O) groups is 1. The molecule has 1 aliphatic heterocycles. The first-order valence-corrected chi connectivity index (χ1v) is 12.1. The maximum absolute atomic E-state index is 13.0. The molecule has 5 rings (SSSR count). The minimum Gasteiger partial charge on any atom is -0.494 e. The number of rotatable bonds is 7. The van der Waals surface area contributed by atoms with Gasteiger partial charge >= 0.3 is 5.69 Å². The molecule has 1 aliphatic rings. The Balaban J connectivity index is 1.30. The molecule has 186 valence electrons. The van der Waals surface area contributed by atoms with Crippen LogP contribution in [0.25, 0.3) is 5.65 Å². The topological polar surface area (TPSA) is 97.0 Å². The number of fused-ring (bicyclic) bond motifs is 1. The van der Waals surface area contributed by atoms with Crippen LogP contribution in [0.3, 0.4) is 0 Å². The summed E-state index contributed by atoms with van der Waals surface area (Å²) in [4.78, 5) is 34.6. The third-order valence-electron chi connectivity index (χ3n) is 6.26. The highest BCUT2D eigenvalue weighted by atomic mass is 16.5. The lowest BCUT2D eigenvalue weighted by molar-refractivity contribution is -0.117. The molecule has 0 saturated carbocycles. The lowest BCUT2D eigenvalue weighted by Crippen LogP contribution is -2.47. The highest BCUT2D eigenvalue weighted by Gasteiger charge is 2.23. The summed E-state index contributed by atoms with van der Waals surface area (Å²) >= 11 is 0. The van der Waals surface area contributed by atoms with Gasteiger partial charge in [-0.1, -0.05) is 18.2 Å². The number of aromatic nitrogens is 4. The van der Waals surface area contributed by atoms with E-state index in [1.807, 2.05) is 13.0 Å². The first kappa shape index (κ1) is 23.4. The van der Waals surface area contributed by atoms with Crippen LogP contribution in [0.1, 0.15) is 12.5 Å². The van der Waals surface area contributed by atoms with E-state index in [1.54, 1.807) is 36.7 Å². The number of nitrogens with one attached hydrogen (secondary N) is 1. The molecule has 0 spiro atoms. The third kappa shape index (κ3) is 4.74. The minimum absolute atomic E-state index is 0.200. The molecule has 1 N–H and O–H groups in total. The minimum atomic E-state index is -0.381. The van der Waals surface area contributed by atoms with Crippen LogP contribution in [0.4, 0.5) is 17.2 Å². The first-order chi connectivity index (χ1) is 17.5. The fourth-order valence-corrected chi connectivity index (χ4v) is 4.48. The van der Waals surface area contributed by atoms with Gasteiger partial charge in [0.1, 0.15) is 12.3 Å². The number of nitrogens with zero attached hydrogens (tertiary/aromatic N) is 6. The molecule has 10 heteroatoms. The van der Waals surface area contributed by atoms with Crippen molar-refractivity contribution in [1.29, 1.82) is 0 Å². The van der Waals surface area contributed by atoms with Crippen molar-refractivity contribution in [3.63, 3.8) is 0 Å². The van der Waals surface area contributed by atoms with Gasteiger partial charge in [-0.2, -0.15) is 0 Å². The van der Waals surface area contributed by atoms with Gasteiger partial charge in [0.15, 0.2) is 5.82 Å². The van der Waals surface area contributed by atoms with Crippen LogP contribution in [0.15, 0.2) is 65.7 Å². The maximum Gasteiger partial charge on any atom is 0.350 e. The highest BCUT2D eigenvalue weighted by molar-refractivity contribution is 5.90. The Kier molecular flexibility index (Phi) is 6.57. The van der Waals surface area contributed by atoms with Gasteiger partial charge in [0.25, 0.3) is 0 Å². The molecule has 0 unspecified atom stereocenters. The molecule has 2 aromatic heterocycles. The summed E-state index contributed by atoms with van der Waals surface area (Å²) in [5.41, 5.74) is 3.17. The van der Waals surface area contributed by atoms with Crippen molar-refractivity contribution in [3.8, 4) is 5.75 Å². The summed E-state index contributed by atoms with van der Waals surface area (Å²) in [7, 11) is 0. The largest absolute Gasteiger partial charge is 0.494 e. The molecule has 10 nitrogen and oxygen atoms in total. The number of amides is 1. The third-order valence-corrected chi connectivity index (χ3v) is 6.26. The van der Waals surface area contributed by atoms with Crippen LogP contribution in [-0.4, -0.2) is 57.9 Å². The number of piperazine rings is 1. The molecular weight excluding hydrogens is 458 g/mol. The van der Waals surface area contributed by atoms with Crippen molar-refractivity contribution in [2.45, 2.75) is 20.4 Å². The summed E-state index contributed by atoms with van der Waals surface area (Å²) < 4.78 is 8.04. The molecular formula is C26H29N7O3. The number of ether oxygens (including phenoxy) is 1. The SMILES string of the molecule is CCOc1ccc(NC(=O)Cn2nc3c(N4CCN(c5ccccc5C)CC4)nccn3c2=O)cc1. The van der Waals surface area contributed by atoms with Crippen LogP contribution in [0, 0.1) is 6.92 Å². The molecule has 3 heterocycles. The second-order valence-corrected chi connectivity index (χ2v) is 8.65. The molecule has 2 aromatic carbocycles. The van der Waals surface area contributed by atoms with Crippen LogP contribution >= 0.6 is 0 Å². The van der Waals surface area contributed by atoms with Crippen molar-refractivity contribution in [1.82, 2.24) is 19.2 Å². The van der Waals surface area contributed by atoms with E-state index in [2.05, 4.69) is 50.3 Å². The number of benzene rings is 2. The zero-order valence-corrected chi connectivity index (χ0v) is 20.4. The quantitative estimate of drug-likeness (QED) is 0.428. The number of hydrogen-bond acceptors (Lipinski definition) is 7. The summed E-state index contributed by atoms with van der Waals surface area (Å²) in [5, 5.41) is 7.27. The van der Waals surface area contributed by atoms with Gasteiger partial charge in [-0.15, -0.1) is 5.10 Å². The fourth-order valence-electron chi connectivity index (χ4n) is 4.48. The summed E-state index contributed by atoms with van der Waals surface area (Å²) in [6.07, 6.45) is 3.18. The molecule has 1 fully saturated rings. The second-order valence-electron chi connectivity index (χ2n) is 8.65. The monoisotopic (exact) mass is 487 g/mol. The zero-order valence-electron chi connectivity index (χ0n) is 20.4. The van der Waals surface area contributed by atoms with Gasteiger partial charge < -0.3 is 19.9 Å². The van der Waals surface area contributed by atoms with Gasteiger partial charge in [-0.25, -0.2) is 18.9 Å². The molecule has 1 amide bonds. The first-order valence-electron chi connectivity index (χ1n) is 12.1. The van der Waals surface area contributed by atoms with Gasteiger partial charge in [0, 0.05) is 49.9 Å². The van der Waals surface area contributed by atoms with Crippen LogP contribution in [-0.2, 0) is 11.3 Å².